The van der Waals surface area contributed by atoms with Crippen molar-refractivity contribution in [1.29, 1.82) is 0 Å². The SMILES string of the molecule is Cn1ccc(CC2CC(C(C)(C)C)CCC2=O)n1. The number of aryl methyl sites for hydroxylation is 1. The third-order valence-electron chi connectivity index (χ3n) is 4.21. The Kier molecular flexibility index (Phi) is 3.60. The largest absolute Gasteiger partial charge is 0.299 e. The van der Waals surface area contributed by atoms with E-state index < -0.39 is 0 Å². The first-order chi connectivity index (χ1) is 8.36. The Morgan fingerprint density at radius 2 is 2.17 bits per heavy atom. The number of rotatable bonds is 2. The number of aromatic nitrogens is 2. The summed E-state index contributed by atoms with van der Waals surface area (Å²) < 4.78 is 1.81. The van der Waals surface area contributed by atoms with Gasteiger partial charge in [-0.25, -0.2) is 0 Å². The zero-order valence-corrected chi connectivity index (χ0v) is 11.9. The second-order valence-corrected chi connectivity index (χ2v) is 6.69. The average molecular weight is 248 g/mol. The molecule has 0 saturated heterocycles. The van der Waals surface area contributed by atoms with Gasteiger partial charge in [-0.3, -0.25) is 9.48 Å². The van der Waals surface area contributed by atoms with Gasteiger partial charge in [-0.1, -0.05) is 20.8 Å². The molecule has 0 amide bonds. The van der Waals surface area contributed by atoms with Gasteiger partial charge in [0.15, 0.2) is 0 Å². The van der Waals surface area contributed by atoms with Crippen LogP contribution in [0, 0.1) is 17.3 Å². The van der Waals surface area contributed by atoms with Gasteiger partial charge in [0, 0.05) is 32.0 Å². The predicted octanol–water partition coefficient (Wildman–Crippen LogP) is 2.99. The van der Waals surface area contributed by atoms with E-state index in [9.17, 15) is 4.79 Å². The van der Waals surface area contributed by atoms with E-state index in [0.717, 1.165) is 31.4 Å². The normalized spacial score (nSPS) is 25.4. The van der Waals surface area contributed by atoms with E-state index in [-0.39, 0.29) is 5.92 Å². The number of hydrogen-bond donors (Lipinski definition) is 0. The molecule has 2 atom stereocenters. The molecule has 0 aromatic carbocycles. The minimum Gasteiger partial charge on any atom is -0.299 e. The predicted molar refractivity (Wildman–Crippen MR) is 72.2 cm³/mol. The summed E-state index contributed by atoms with van der Waals surface area (Å²) in [5.74, 6) is 1.27. The molecule has 1 aromatic rings. The summed E-state index contributed by atoms with van der Waals surface area (Å²) in [5, 5.41) is 4.39. The van der Waals surface area contributed by atoms with Crippen molar-refractivity contribution in [2.45, 2.75) is 46.5 Å². The summed E-state index contributed by atoms with van der Waals surface area (Å²) in [6.45, 7) is 6.85. The van der Waals surface area contributed by atoms with Crippen LogP contribution in [0.25, 0.3) is 0 Å². The monoisotopic (exact) mass is 248 g/mol. The number of hydrogen-bond acceptors (Lipinski definition) is 2. The number of carbonyl (C=O) groups is 1. The highest BCUT2D eigenvalue weighted by atomic mass is 16.1. The van der Waals surface area contributed by atoms with Crippen molar-refractivity contribution in [3.05, 3.63) is 18.0 Å². The summed E-state index contributed by atoms with van der Waals surface area (Å²) in [7, 11) is 1.92. The van der Waals surface area contributed by atoms with Gasteiger partial charge < -0.3 is 0 Å². The van der Waals surface area contributed by atoms with E-state index >= 15 is 0 Å². The molecule has 0 N–H and O–H groups in total. The second-order valence-electron chi connectivity index (χ2n) is 6.69. The number of carbonyl (C=O) groups excluding carboxylic acids is 1. The van der Waals surface area contributed by atoms with Crippen LogP contribution in [0.5, 0.6) is 0 Å². The Balaban J connectivity index is 2.04. The molecule has 3 nitrogen and oxygen atoms in total. The molecule has 3 heteroatoms. The topological polar surface area (TPSA) is 34.9 Å². The van der Waals surface area contributed by atoms with Crippen molar-refractivity contribution in [2.75, 3.05) is 0 Å². The lowest BCUT2D eigenvalue weighted by molar-refractivity contribution is -0.126. The maximum atomic E-state index is 12.0. The fraction of sp³-hybridized carbons (Fsp3) is 0.733. The van der Waals surface area contributed by atoms with E-state index in [2.05, 4.69) is 25.9 Å². The third kappa shape index (κ3) is 3.01. The quantitative estimate of drug-likeness (QED) is 0.806. The Labute approximate surface area is 110 Å². The van der Waals surface area contributed by atoms with Crippen LogP contribution in [0.15, 0.2) is 12.3 Å². The average Bonchev–Trinajstić information content (AvgIpc) is 2.66. The smallest absolute Gasteiger partial charge is 0.136 e. The minimum atomic E-state index is 0.179. The van der Waals surface area contributed by atoms with Gasteiger partial charge in [-0.15, -0.1) is 0 Å². The van der Waals surface area contributed by atoms with Crippen molar-refractivity contribution in [1.82, 2.24) is 9.78 Å². The Hall–Kier alpha value is -1.12. The number of ketones is 1. The summed E-state index contributed by atoms with van der Waals surface area (Å²) >= 11 is 0. The molecular weight excluding hydrogens is 224 g/mol. The third-order valence-corrected chi connectivity index (χ3v) is 4.21. The molecule has 1 aliphatic carbocycles. The van der Waals surface area contributed by atoms with Gasteiger partial charge in [0.05, 0.1) is 5.69 Å². The second kappa shape index (κ2) is 4.87. The van der Waals surface area contributed by atoms with Crippen LogP contribution in [0.1, 0.15) is 45.7 Å². The van der Waals surface area contributed by atoms with Crippen molar-refractivity contribution in [3.63, 3.8) is 0 Å². The molecule has 18 heavy (non-hydrogen) atoms. The molecule has 2 rings (SSSR count). The first-order valence-corrected chi connectivity index (χ1v) is 6.87. The first-order valence-electron chi connectivity index (χ1n) is 6.87. The maximum Gasteiger partial charge on any atom is 0.136 e. The zero-order chi connectivity index (χ0) is 13.3. The van der Waals surface area contributed by atoms with E-state index in [1.807, 2.05) is 24.0 Å². The Bertz CT molecular complexity index is 428. The molecule has 1 aromatic heterocycles. The Morgan fingerprint density at radius 3 is 2.72 bits per heavy atom. The number of Topliss-reactive ketones (excluding diaryl/α,β-unsaturated/α-hetero) is 1. The fourth-order valence-corrected chi connectivity index (χ4v) is 2.92. The highest BCUT2D eigenvalue weighted by molar-refractivity contribution is 5.82. The first kappa shape index (κ1) is 13.3. The van der Waals surface area contributed by atoms with Gasteiger partial charge in [0.25, 0.3) is 0 Å². The van der Waals surface area contributed by atoms with E-state index in [4.69, 9.17) is 0 Å². The van der Waals surface area contributed by atoms with Gasteiger partial charge in [0.2, 0.25) is 0 Å². The molecule has 100 valence electrons. The molecule has 1 saturated carbocycles. The molecule has 0 spiro atoms. The van der Waals surface area contributed by atoms with E-state index in [1.54, 1.807) is 0 Å². The molecular formula is C15H24N2O. The lowest BCUT2D eigenvalue weighted by atomic mass is 9.68. The molecule has 1 heterocycles. The van der Waals surface area contributed by atoms with E-state index in [1.165, 1.54) is 0 Å². The van der Waals surface area contributed by atoms with Gasteiger partial charge >= 0.3 is 0 Å². The fourth-order valence-electron chi connectivity index (χ4n) is 2.92. The summed E-state index contributed by atoms with van der Waals surface area (Å²) in [4.78, 5) is 12.0. The standard InChI is InChI=1S/C15H24N2O/c1-15(2,3)12-5-6-14(18)11(9-12)10-13-7-8-17(4)16-13/h7-8,11-12H,5-6,9-10H2,1-4H3. The van der Waals surface area contributed by atoms with Crippen LogP contribution in [-0.4, -0.2) is 15.6 Å². The highest BCUT2D eigenvalue weighted by Crippen LogP contribution is 2.39. The van der Waals surface area contributed by atoms with Crippen LogP contribution >= 0.6 is 0 Å². The molecule has 1 aliphatic rings. The van der Waals surface area contributed by atoms with Crippen LogP contribution in [0.3, 0.4) is 0 Å². The minimum absolute atomic E-state index is 0.179. The highest BCUT2D eigenvalue weighted by Gasteiger charge is 2.35. The summed E-state index contributed by atoms with van der Waals surface area (Å²) in [6.07, 6.45) is 5.59. The zero-order valence-electron chi connectivity index (χ0n) is 11.9. The number of nitrogens with zero attached hydrogens (tertiary/aromatic N) is 2. The van der Waals surface area contributed by atoms with Crippen LogP contribution in [0.4, 0.5) is 0 Å². The van der Waals surface area contributed by atoms with Gasteiger partial charge in [-0.2, -0.15) is 5.10 Å². The summed E-state index contributed by atoms with van der Waals surface area (Å²) in [5.41, 5.74) is 1.36. The Morgan fingerprint density at radius 1 is 1.44 bits per heavy atom. The molecule has 0 radical (unpaired) electrons. The lowest BCUT2D eigenvalue weighted by Crippen LogP contribution is -2.33. The molecule has 2 unspecified atom stereocenters. The van der Waals surface area contributed by atoms with Crippen molar-refractivity contribution >= 4 is 5.78 Å². The van der Waals surface area contributed by atoms with Crippen molar-refractivity contribution in [2.24, 2.45) is 24.3 Å². The van der Waals surface area contributed by atoms with Crippen molar-refractivity contribution < 1.29 is 4.79 Å². The summed E-state index contributed by atoms with van der Waals surface area (Å²) in [6, 6.07) is 2.02. The lowest BCUT2D eigenvalue weighted by Gasteiger charge is -2.36. The van der Waals surface area contributed by atoms with Crippen molar-refractivity contribution in [3.8, 4) is 0 Å². The van der Waals surface area contributed by atoms with Gasteiger partial charge in [-0.05, 0) is 30.2 Å². The van der Waals surface area contributed by atoms with Gasteiger partial charge in [0.1, 0.15) is 5.78 Å². The van der Waals surface area contributed by atoms with Crippen LogP contribution in [0.2, 0.25) is 0 Å². The van der Waals surface area contributed by atoms with E-state index in [0.29, 0.717) is 17.1 Å². The maximum absolute atomic E-state index is 12.0. The molecule has 0 bridgehead atoms. The van der Waals surface area contributed by atoms with Crippen LogP contribution in [-0.2, 0) is 18.3 Å². The molecule has 0 aliphatic heterocycles. The molecule has 1 fully saturated rings. The van der Waals surface area contributed by atoms with Crippen LogP contribution < -0.4 is 0 Å².